The van der Waals surface area contributed by atoms with Crippen LogP contribution in [0.1, 0.15) is 155 Å². The molecule has 3 heterocycles. The number of rotatable bonds is 12. The number of allylic oxidation sites excluding steroid dienone is 4. The predicted octanol–water partition coefficient (Wildman–Crippen LogP) is 4.04. The zero-order chi connectivity index (χ0) is 62.1. The molecule has 0 spiro atoms. The maximum atomic E-state index is 17.9. The smallest absolute Gasteiger partial charge is 0.311 e. The summed E-state index contributed by atoms with van der Waals surface area (Å²) in [7, 11) is 3.05. The van der Waals surface area contributed by atoms with Crippen molar-refractivity contribution in [1.82, 2.24) is 15.1 Å². The number of carbonyl (C=O) groups excluding carboxylic acids is 4. The average Bonchev–Trinajstić information content (AvgIpc) is 1.69. The zero-order valence-electron chi connectivity index (χ0n) is 52.2. The van der Waals surface area contributed by atoms with Gasteiger partial charge in [-0.1, -0.05) is 46.3 Å². The van der Waals surface area contributed by atoms with E-state index in [1.165, 1.54) is 38.0 Å². The van der Waals surface area contributed by atoms with E-state index >= 15 is 4.39 Å². The van der Waals surface area contributed by atoms with Crippen molar-refractivity contribution >= 4 is 23.6 Å². The van der Waals surface area contributed by atoms with Crippen molar-refractivity contribution in [2.45, 2.75) is 262 Å². The Labute approximate surface area is 491 Å². The van der Waals surface area contributed by atoms with E-state index in [0.29, 0.717) is 31.3 Å². The van der Waals surface area contributed by atoms with Crippen LogP contribution in [0.2, 0.25) is 0 Å². The molecule has 4 unspecified atom stereocenters. The van der Waals surface area contributed by atoms with Gasteiger partial charge in [-0.25, -0.2) is 4.39 Å². The van der Waals surface area contributed by atoms with Gasteiger partial charge in [0.15, 0.2) is 29.6 Å². The van der Waals surface area contributed by atoms with E-state index in [-0.39, 0.29) is 63.4 Å². The minimum atomic E-state index is -2.14. The molecule has 8 N–H and O–H groups in total. The van der Waals surface area contributed by atoms with Crippen LogP contribution in [0, 0.1) is 46.3 Å². The quantitative estimate of drug-likeness (QED) is 0.101. The standard InChI is InChI=1S/C62H102FN3O17/c1-17-46-60(14,76)50(71)37(7)66(24-18-23-64-55(74)62(77)33(3)25-43-42-20-19-40-27-41(68)21-22-56(40,10)61(42,63)45(69)29-57(43,62)11)31-32(2)28-58(12,75)52(83-54-48(70)44(26-34(4)79-54)65(15)39(9)67)35(5)49(36(6)53(73)81-46)82-47-30-59(13,78-16)51(72)38(8)80-47/h21-22,27,32-38,42-52,54,69-72,75-77H,17-20,23-26,28-31H2,1-16H3,(H,64,74)/t32-,33-,34-,35+,36-,37-,38+,42?,43?,44+,45+,46-,47?,48-,49+,50-,51+,52-,54?,56+,57+,58-,59-,60-,61+,62+/m1/s1. The molecule has 0 bridgehead atoms. The van der Waals surface area contributed by atoms with Crippen LogP contribution in [0.25, 0.3) is 0 Å². The Hall–Kier alpha value is -3.03. The summed E-state index contributed by atoms with van der Waals surface area (Å²) in [5.41, 5.74) is -10.9. The molecule has 21 heteroatoms. The maximum absolute atomic E-state index is 17.9. The normalized spacial score (nSPS) is 49.3. The van der Waals surface area contributed by atoms with Gasteiger partial charge < -0.3 is 74.4 Å². The Balaban J connectivity index is 1.17. The summed E-state index contributed by atoms with van der Waals surface area (Å²) in [5, 5.41) is 88.6. The van der Waals surface area contributed by atoms with Gasteiger partial charge in [0.2, 0.25) is 5.91 Å². The number of esters is 1. The van der Waals surface area contributed by atoms with Gasteiger partial charge >= 0.3 is 5.97 Å². The Kier molecular flexibility index (Phi) is 20.2. The van der Waals surface area contributed by atoms with E-state index in [2.05, 4.69) is 5.32 Å². The van der Waals surface area contributed by atoms with Gasteiger partial charge in [0.1, 0.15) is 30.0 Å². The third-order valence-electron chi connectivity index (χ3n) is 21.8. The number of likely N-dealkylation sites (N-methyl/N-ethyl adjacent to an activating group) is 1. The number of amides is 2. The number of carbonyl (C=O) groups is 4. The number of methoxy groups -OCH3 is 1. The molecule has 20 nitrogen and oxygen atoms in total. The maximum Gasteiger partial charge on any atom is 0.311 e. The Morgan fingerprint density at radius 1 is 0.904 bits per heavy atom. The second-order valence-corrected chi connectivity index (χ2v) is 27.7. The van der Waals surface area contributed by atoms with Crippen molar-refractivity contribution in [1.29, 1.82) is 0 Å². The molecule has 3 saturated heterocycles. The number of halogens is 1. The highest BCUT2D eigenvalue weighted by molar-refractivity contribution is 6.01. The number of cyclic esters (lactones) is 1. The van der Waals surface area contributed by atoms with Crippen LogP contribution < -0.4 is 5.32 Å². The third-order valence-corrected chi connectivity index (χ3v) is 21.8. The number of hydrogen-bond acceptors (Lipinski definition) is 18. The van der Waals surface area contributed by atoms with Crippen LogP contribution in [0.4, 0.5) is 4.39 Å². The topological polar surface area (TPSA) is 284 Å². The van der Waals surface area contributed by atoms with E-state index in [1.807, 2.05) is 11.8 Å². The van der Waals surface area contributed by atoms with Gasteiger partial charge in [-0.3, -0.25) is 24.1 Å². The number of aliphatic hydroxyl groups is 7. The zero-order valence-corrected chi connectivity index (χ0v) is 52.2. The van der Waals surface area contributed by atoms with Gasteiger partial charge in [0.05, 0.1) is 53.7 Å². The summed E-state index contributed by atoms with van der Waals surface area (Å²) in [4.78, 5) is 57.9. The molecule has 2 amide bonds. The summed E-state index contributed by atoms with van der Waals surface area (Å²) < 4.78 is 56.1. The first-order valence-electron chi connectivity index (χ1n) is 30.6. The molecule has 0 radical (unpaired) electrons. The van der Waals surface area contributed by atoms with Crippen molar-refractivity contribution in [3.63, 3.8) is 0 Å². The summed E-state index contributed by atoms with van der Waals surface area (Å²) in [6, 6.07) is -1.56. The van der Waals surface area contributed by atoms with Crippen molar-refractivity contribution in [2.24, 2.45) is 46.3 Å². The molecule has 3 aliphatic heterocycles. The van der Waals surface area contributed by atoms with E-state index in [0.717, 1.165) is 0 Å². The lowest BCUT2D eigenvalue weighted by atomic mass is 9.44. The highest BCUT2D eigenvalue weighted by Crippen LogP contribution is 2.70. The SMILES string of the molecule is CC[C@H]1OC(=O)[C@H](C)[C@@H](OC2C[C@@](C)(OC)[C@@H](O)[C@H](C)O2)[C@H](C)[C@@H](OC2O[C@H](C)C[C@H](N(C)C(C)=O)[C@H]2O)[C@](C)(O)C[C@@H](C)CN(CCCNC(=O)[C@@]2(O)[C@H](C)CC3C4CCC5=CC(=O)C=C[C@]5(C)[C@@]4(F)[C@@H](O)C[C@@]32C)[C@H](C)[C@@H](O)[C@]1(C)O. The summed E-state index contributed by atoms with van der Waals surface area (Å²) >= 11 is 0. The molecular formula is C62H102FN3O17. The van der Waals surface area contributed by atoms with Crippen molar-refractivity contribution in [2.75, 3.05) is 33.8 Å². The Morgan fingerprint density at radius 3 is 2.19 bits per heavy atom. The van der Waals surface area contributed by atoms with Crippen molar-refractivity contribution in [3.05, 3.63) is 23.8 Å². The third kappa shape index (κ3) is 12.1. The molecule has 474 valence electrons. The fourth-order valence-corrected chi connectivity index (χ4v) is 16.7. The summed E-state index contributed by atoms with van der Waals surface area (Å²) in [6.07, 6.45) is -6.93. The van der Waals surface area contributed by atoms with Crippen LogP contribution in [-0.2, 0) is 47.6 Å². The largest absolute Gasteiger partial charge is 0.459 e. The molecule has 0 aromatic heterocycles. The van der Waals surface area contributed by atoms with Crippen LogP contribution in [0.5, 0.6) is 0 Å². The highest BCUT2D eigenvalue weighted by Gasteiger charge is 2.76. The second-order valence-electron chi connectivity index (χ2n) is 27.7. The fraction of sp³-hybridized carbons (Fsp3) is 0.871. The lowest BCUT2D eigenvalue weighted by Gasteiger charge is -2.62. The fourth-order valence-electron chi connectivity index (χ4n) is 16.7. The summed E-state index contributed by atoms with van der Waals surface area (Å²) in [6.45, 7) is 24.0. The Morgan fingerprint density at radius 2 is 1.57 bits per heavy atom. The molecule has 7 rings (SSSR count). The number of nitrogens with zero attached hydrogens (tertiary/aromatic N) is 2. The number of nitrogens with one attached hydrogen (secondary N) is 1. The van der Waals surface area contributed by atoms with E-state index in [1.54, 1.807) is 89.3 Å². The number of fused-ring (bicyclic) bond motifs is 5. The van der Waals surface area contributed by atoms with E-state index < -0.39 is 166 Å². The molecule has 4 aliphatic carbocycles. The van der Waals surface area contributed by atoms with E-state index in [9.17, 15) is 54.9 Å². The molecule has 6 fully saturated rings. The van der Waals surface area contributed by atoms with Gasteiger partial charge in [-0.15, -0.1) is 0 Å². The Bertz CT molecular complexity index is 2410. The number of alkyl halides is 1. The first-order chi connectivity index (χ1) is 38.4. The average molecular weight is 1180 g/mol. The van der Waals surface area contributed by atoms with Crippen LogP contribution in [-0.4, -0.2) is 211 Å². The molecule has 26 atom stereocenters. The first-order valence-corrected chi connectivity index (χ1v) is 30.6. The van der Waals surface area contributed by atoms with Crippen molar-refractivity contribution in [3.8, 4) is 0 Å². The van der Waals surface area contributed by atoms with Crippen LogP contribution in [0.15, 0.2) is 23.8 Å². The summed E-state index contributed by atoms with van der Waals surface area (Å²) in [5.74, 6) is -6.28. The van der Waals surface area contributed by atoms with Gasteiger partial charge in [-0.05, 0) is 137 Å². The number of hydrogen-bond donors (Lipinski definition) is 8. The lowest BCUT2D eigenvalue weighted by Crippen LogP contribution is -2.70. The molecule has 0 aromatic carbocycles. The van der Waals surface area contributed by atoms with Gasteiger partial charge in [0.25, 0.3) is 5.91 Å². The predicted molar refractivity (Wildman–Crippen MR) is 303 cm³/mol. The molecular weight excluding hydrogens is 1080 g/mol. The van der Waals surface area contributed by atoms with Crippen molar-refractivity contribution < 1.29 is 87.7 Å². The molecule has 83 heavy (non-hydrogen) atoms. The van der Waals surface area contributed by atoms with Crippen LogP contribution >= 0.6 is 0 Å². The van der Waals surface area contributed by atoms with E-state index in [4.69, 9.17) is 28.4 Å². The molecule has 3 saturated carbocycles. The lowest BCUT2D eigenvalue weighted by molar-refractivity contribution is -0.317. The second kappa shape index (κ2) is 24.9. The van der Waals surface area contributed by atoms with Gasteiger partial charge in [0, 0.05) is 75.8 Å². The minimum Gasteiger partial charge on any atom is -0.459 e. The monoisotopic (exact) mass is 1180 g/mol. The molecule has 7 aliphatic rings. The molecule has 0 aromatic rings. The van der Waals surface area contributed by atoms with Crippen LogP contribution in [0.3, 0.4) is 0 Å². The number of aliphatic hydroxyl groups excluding tert-OH is 4. The minimum absolute atomic E-state index is 0.0144. The van der Waals surface area contributed by atoms with Gasteiger partial charge in [-0.2, -0.15) is 0 Å². The number of ketones is 1. The number of ether oxygens (including phenoxy) is 6. The highest BCUT2D eigenvalue weighted by atomic mass is 19.1. The first kappa shape index (κ1) is 67.5.